The molecule has 0 spiro atoms. The van der Waals surface area contributed by atoms with Crippen molar-refractivity contribution in [2.45, 2.75) is 6.92 Å². The van der Waals surface area contributed by atoms with Crippen LogP contribution in [0.1, 0.15) is 11.3 Å². The van der Waals surface area contributed by atoms with Crippen molar-refractivity contribution >= 4 is 28.5 Å². The molecule has 0 aliphatic rings. The van der Waals surface area contributed by atoms with Crippen LogP contribution in [0.3, 0.4) is 0 Å². The molecule has 0 bridgehead atoms. The van der Waals surface area contributed by atoms with E-state index in [9.17, 15) is 10.1 Å². The van der Waals surface area contributed by atoms with Gasteiger partial charge < -0.3 is 9.30 Å². The van der Waals surface area contributed by atoms with Crippen molar-refractivity contribution in [3.63, 3.8) is 0 Å². The molecule has 0 saturated carbocycles. The minimum Gasteiger partial charge on any atom is -0.494 e. The van der Waals surface area contributed by atoms with E-state index in [4.69, 9.17) is 4.74 Å². The summed E-state index contributed by atoms with van der Waals surface area (Å²) in [6, 6.07) is 12.4. The van der Waals surface area contributed by atoms with Crippen LogP contribution in [0.15, 0.2) is 47.5 Å². The molecule has 0 atom stereocenters. The first-order chi connectivity index (χ1) is 11.5. The second kappa shape index (κ2) is 6.16. The van der Waals surface area contributed by atoms with Crippen LogP contribution in [-0.2, 0) is 7.05 Å². The van der Waals surface area contributed by atoms with Gasteiger partial charge in [0.05, 0.1) is 12.0 Å². The van der Waals surface area contributed by atoms with E-state index in [1.807, 2.05) is 38.2 Å². The summed E-state index contributed by atoms with van der Waals surface area (Å²) in [4.78, 5) is 15.0. The SMILES string of the molecule is COc1ccc([N+](=O)[O-])cc1N=Cc1c(C)n(C)c2ccccc12. The van der Waals surface area contributed by atoms with Gasteiger partial charge in [0.15, 0.2) is 0 Å². The Hall–Kier alpha value is -3.15. The van der Waals surface area contributed by atoms with Crippen LogP contribution in [0.25, 0.3) is 10.9 Å². The lowest BCUT2D eigenvalue weighted by Crippen LogP contribution is -1.92. The smallest absolute Gasteiger partial charge is 0.271 e. The predicted molar refractivity (Wildman–Crippen MR) is 94.6 cm³/mol. The van der Waals surface area contributed by atoms with Gasteiger partial charge in [-0.15, -0.1) is 0 Å². The lowest BCUT2D eigenvalue weighted by atomic mass is 10.1. The molecule has 0 aliphatic carbocycles. The molecule has 0 aliphatic heterocycles. The first-order valence-corrected chi connectivity index (χ1v) is 7.43. The first-order valence-electron chi connectivity index (χ1n) is 7.43. The van der Waals surface area contributed by atoms with E-state index in [0.717, 1.165) is 22.2 Å². The monoisotopic (exact) mass is 323 g/mol. The van der Waals surface area contributed by atoms with E-state index in [1.54, 1.807) is 12.3 Å². The second-order valence-corrected chi connectivity index (χ2v) is 5.45. The van der Waals surface area contributed by atoms with Crippen LogP contribution >= 0.6 is 0 Å². The summed E-state index contributed by atoms with van der Waals surface area (Å²) in [7, 11) is 3.52. The molecule has 1 aromatic heterocycles. The minimum atomic E-state index is -0.443. The lowest BCUT2D eigenvalue weighted by molar-refractivity contribution is -0.384. The Kier molecular flexibility index (Phi) is 4.04. The van der Waals surface area contributed by atoms with Gasteiger partial charge in [0.2, 0.25) is 0 Å². The minimum absolute atomic E-state index is 0.0161. The van der Waals surface area contributed by atoms with Gasteiger partial charge in [-0.05, 0) is 19.1 Å². The highest BCUT2D eigenvalue weighted by Gasteiger charge is 2.12. The van der Waals surface area contributed by atoms with Crippen molar-refractivity contribution in [3.8, 4) is 5.75 Å². The van der Waals surface area contributed by atoms with Crippen molar-refractivity contribution in [2.75, 3.05) is 7.11 Å². The Labute approximate surface area is 139 Å². The highest BCUT2D eigenvalue weighted by atomic mass is 16.6. The molecule has 3 rings (SSSR count). The molecular weight excluding hydrogens is 306 g/mol. The van der Waals surface area contributed by atoms with Crippen LogP contribution in [0.5, 0.6) is 5.75 Å². The molecule has 0 saturated heterocycles. The Morgan fingerprint density at radius 3 is 2.71 bits per heavy atom. The average Bonchev–Trinajstić information content (AvgIpc) is 2.84. The number of nitro groups is 1. The maximum atomic E-state index is 11.0. The van der Waals surface area contributed by atoms with Gasteiger partial charge in [0.25, 0.3) is 5.69 Å². The number of fused-ring (bicyclic) bond motifs is 1. The van der Waals surface area contributed by atoms with Crippen molar-refractivity contribution in [1.29, 1.82) is 0 Å². The molecule has 1 heterocycles. The normalized spacial score (nSPS) is 11.3. The Bertz CT molecular complexity index is 958. The summed E-state index contributed by atoms with van der Waals surface area (Å²) in [6.45, 7) is 2.02. The van der Waals surface area contributed by atoms with Crippen molar-refractivity contribution in [2.24, 2.45) is 12.0 Å². The molecule has 24 heavy (non-hydrogen) atoms. The summed E-state index contributed by atoms with van der Waals surface area (Å²) in [5.41, 5.74) is 3.59. The number of hydrogen-bond acceptors (Lipinski definition) is 4. The zero-order valence-electron chi connectivity index (χ0n) is 13.7. The topological polar surface area (TPSA) is 69.7 Å². The maximum Gasteiger partial charge on any atom is 0.271 e. The predicted octanol–water partition coefficient (Wildman–Crippen LogP) is 4.15. The van der Waals surface area contributed by atoms with Gasteiger partial charge in [-0.1, -0.05) is 18.2 Å². The summed E-state index contributed by atoms with van der Waals surface area (Å²) >= 11 is 0. The van der Waals surface area contributed by atoms with Crippen molar-refractivity contribution < 1.29 is 9.66 Å². The zero-order chi connectivity index (χ0) is 17.3. The number of hydrogen-bond donors (Lipinski definition) is 0. The number of non-ortho nitro benzene ring substituents is 1. The first kappa shape index (κ1) is 15.7. The number of methoxy groups -OCH3 is 1. The number of ether oxygens (including phenoxy) is 1. The van der Waals surface area contributed by atoms with E-state index in [0.29, 0.717) is 11.4 Å². The Morgan fingerprint density at radius 2 is 2.00 bits per heavy atom. The van der Waals surface area contributed by atoms with E-state index in [1.165, 1.54) is 19.2 Å². The molecule has 0 fully saturated rings. The van der Waals surface area contributed by atoms with Crippen LogP contribution < -0.4 is 4.74 Å². The third-order valence-electron chi connectivity index (χ3n) is 4.15. The fourth-order valence-corrected chi connectivity index (χ4v) is 2.74. The Balaban J connectivity index is 2.11. The summed E-state index contributed by atoms with van der Waals surface area (Å²) in [6.07, 6.45) is 1.74. The number of para-hydroxylation sites is 1. The van der Waals surface area contributed by atoms with E-state index in [-0.39, 0.29) is 5.69 Å². The molecule has 2 aromatic carbocycles. The number of rotatable bonds is 4. The van der Waals surface area contributed by atoms with Crippen LogP contribution in [-0.4, -0.2) is 22.8 Å². The number of benzene rings is 2. The van der Waals surface area contributed by atoms with E-state index >= 15 is 0 Å². The third kappa shape index (κ3) is 2.62. The van der Waals surface area contributed by atoms with Crippen molar-refractivity contribution in [3.05, 3.63) is 63.8 Å². The number of nitro benzene ring substituents is 1. The molecule has 0 N–H and O–H groups in total. The van der Waals surface area contributed by atoms with Gasteiger partial charge in [-0.25, -0.2) is 0 Å². The Morgan fingerprint density at radius 1 is 1.25 bits per heavy atom. The van der Waals surface area contributed by atoms with Crippen LogP contribution in [0, 0.1) is 17.0 Å². The van der Waals surface area contributed by atoms with Gasteiger partial charge in [0, 0.05) is 47.6 Å². The largest absolute Gasteiger partial charge is 0.494 e. The van der Waals surface area contributed by atoms with Gasteiger partial charge >= 0.3 is 0 Å². The lowest BCUT2D eigenvalue weighted by Gasteiger charge is -2.04. The number of aromatic nitrogens is 1. The standard InChI is InChI=1S/C18H17N3O3/c1-12-15(14-6-4-5-7-17(14)20(12)2)11-19-16-10-13(21(22)23)8-9-18(16)24-3/h4-11H,1-3H3. The van der Waals surface area contributed by atoms with Crippen molar-refractivity contribution in [1.82, 2.24) is 4.57 Å². The number of aryl methyl sites for hydroxylation is 1. The molecule has 6 heteroatoms. The quantitative estimate of drug-likeness (QED) is 0.411. The zero-order valence-corrected chi connectivity index (χ0v) is 13.7. The van der Waals surface area contributed by atoms with Crippen LogP contribution in [0.4, 0.5) is 11.4 Å². The third-order valence-corrected chi connectivity index (χ3v) is 4.15. The molecule has 0 amide bonds. The van der Waals surface area contributed by atoms with Gasteiger partial charge in [-0.2, -0.15) is 0 Å². The average molecular weight is 323 g/mol. The van der Waals surface area contributed by atoms with E-state index < -0.39 is 4.92 Å². The fraction of sp³-hybridized carbons (Fsp3) is 0.167. The second-order valence-electron chi connectivity index (χ2n) is 5.45. The molecular formula is C18H17N3O3. The summed E-state index contributed by atoms with van der Waals surface area (Å²) in [5.74, 6) is 0.495. The summed E-state index contributed by atoms with van der Waals surface area (Å²) < 4.78 is 7.35. The van der Waals surface area contributed by atoms with Gasteiger partial charge in [0.1, 0.15) is 11.4 Å². The fourth-order valence-electron chi connectivity index (χ4n) is 2.74. The molecule has 3 aromatic rings. The van der Waals surface area contributed by atoms with E-state index in [2.05, 4.69) is 9.56 Å². The number of nitrogens with zero attached hydrogens (tertiary/aromatic N) is 3. The molecule has 0 unspecified atom stereocenters. The molecule has 122 valence electrons. The highest BCUT2D eigenvalue weighted by Crippen LogP contribution is 2.32. The van der Waals surface area contributed by atoms with Gasteiger partial charge in [-0.3, -0.25) is 15.1 Å². The van der Waals surface area contributed by atoms with Crippen LogP contribution in [0.2, 0.25) is 0 Å². The maximum absolute atomic E-state index is 11.0. The molecule has 6 nitrogen and oxygen atoms in total. The number of aliphatic imine (C=N–C) groups is 1. The summed E-state index contributed by atoms with van der Waals surface area (Å²) in [5, 5.41) is 12.1. The molecule has 0 radical (unpaired) electrons. The highest BCUT2D eigenvalue weighted by molar-refractivity contribution is 6.01.